The van der Waals surface area contributed by atoms with Crippen LogP contribution in [0.5, 0.6) is 5.75 Å². The predicted molar refractivity (Wildman–Crippen MR) is 63.3 cm³/mol. The molecule has 0 atom stereocenters. The van der Waals surface area contributed by atoms with Gasteiger partial charge in [-0.2, -0.15) is 0 Å². The third-order valence-corrected chi connectivity index (χ3v) is 2.83. The van der Waals surface area contributed by atoms with Gasteiger partial charge < -0.3 is 10.5 Å². The van der Waals surface area contributed by atoms with Gasteiger partial charge in [-0.05, 0) is 19.1 Å². The van der Waals surface area contributed by atoms with Crippen molar-refractivity contribution in [3.8, 4) is 17.0 Å². The lowest BCUT2D eigenvalue weighted by Gasteiger charge is -2.06. The lowest BCUT2D eigenvalue weighted by Crippen LogP contribution is -1.89. The van der Waals surface area contributed by atoms with E-state index in [0.29, 0.717) is 5.13 Å². The second-order valence-corrected chi connectivity index (χ2v) is 4.16. The Labute approximate surface area is 92.5 Å². The van der Waals surface area contributed by atoms with Gasteiger partial charge >= 0.3 is 0 Å². The van der Waals surface area contributed by atoms with Gasteiger partial charge in [0.2, 0.25) is 0 Å². The van der Waals surface area contributed by atoms with Gasteiger partial charge in [0.15, 0.2) is 5.13 Å². The molecule has 0 amide bonds. The van der Waals surface area contributed by atoms with Crippen LogP contribution in [-0.2, 0) is 0 Å². The Bertz CT molecular complexity index is 479. The number of hydrogen-bond donors (Lipinski definition) is 1. The minimum Gasteiger partial charge on any atom is -0.496 e. The van der Waals surface area contributed by atoms with Crippen LogP contribution in [0.2, 0.25) is 0 Å². The summed E-state index contributed by atoms with van der Waals surface area (Å²) < 4.78 is 5.29. The van der Waals surface area contributed by atoms with Crippen molar-refractivity contribution in [2.75, 3.05) is 12.8 Å². The maximum Gasteiger partial charge on any atom is 0.180 e. The number of aromatic nitrogens is 1. The van der Waals surface area contributed by atoms with Crippen molar-refractivity contribution in [1.29, 1.82) is 0 Å². The first-order valence-corrected chi connectivity index (χ1v) is 5.44. The summed E-state index contributed by atoms with van der Waals surface area (Å²) >= 11 is 1.44. The van der Waals surface area contributed by atoms with Crippen molar-refractivity contribution in [2.45, 2.75) is 6.92 Å². The SMILES string of the molecule is COc1ccc(C)cc1-c1csc(N)n1. The van der Waals surface area contributed by atoms with Gasteiger partial charge in [-0.25, -0.2) is 4.98 Å². The summed E-state index contributed by atoms with van der Waals surface area (Å²) in [5, 5.41) is 2.51. The lowest BCUT2D eigenvalue weighted by atomic mass is 10.1. The van der Waals surface area contributed by atoms with Gasteiger partial charge in [-0.15, -0.1) is 11.3 Å². The molecule has 0 saturated heterocycles. The Morgan fingerprint density at radius 3 is 2.80 bits per heavy atom. The van der Waals surface area contributed by atoms with Gasteiger partial charge in [0.05, 0.1) is 12.8 Å². The van der Waals surface area contributed by atoms with E-state index >= 15 is 0 Å². The average molecular weight is 220 g/mol. The molecule has 0 spiro atoms. The van der Waals surface area contributed by atoms with E-state index in [4.69, 9.17) is 10.5 Å². The maximum atomic E-state index is 5.61. The Balaban J connectivity index is 2.55. The fraction of sp³-hybridized carbons (Fsp3) is 0.182. The van der Waals surface area contributed by atoms with E-state index in [0.717, 1.165) is 17.0 Å². The van der Waals surface area contributed by atoms with E-state index in [2.05, 4.69) is 4.98 Å². The van der Waals surface area contributed by atoms with Crippen LogP contribution in [0.15, 0.2) is 23.6 Å². The van der Waals surface area contributed by atoms with Crippen LogP contribution in [0.4, 0.5) is 5.13 Å². The number of nitrogens with two attached hydrogens (primary N) is 1. The molecule has 2 aromatic rings. The molecule has 0 fully saturated rings. The highest BCUT2D eigenvalue weighted by molar-refractivity contribution is 7.13. The zero-order valence-electron chi connectivity index (χ0n) is 8.65. The van der Waals surface area contributed by atoms with Crippen molar-refractivity contribution >= 4 is 16.5 Å². The van der Waals surface area contributed by atoms with Crippen LogP contribution in [-0.4, -0.2) is 12.1 Å². The standard InChI is InChI=1S/C11H12N2OS/c1-7-3-4-10(14-2)8(5-7)9-6-15-11(12)13-9/h3-6H,1-2H3,(H2,12,13). The van der Waals surface area contributed by atoms with Gasteiger partial charge in [0.25, 0.3) is 0 Å². The molecule has 0 aliphatic carbocycles. The quantitative estimate of drug-likeness (QED) is 0.846. The second kappa shape index (κ2) is 3.90. The fourth-order valence-electron chi connectivity index (χ4n) is 1.43. The molecule has 0 aliphatic rings. The number of nitrogens with zero attached hydrogens (tertiary/aromatic N) is 1. The molecule has 1 aromatic carbocycles. The summed E-state index contributed by atoms with van der Waals surface area (Å²) in [6.07, 6.45) is 0. The Hall–Kier alpha value is -1.55. The summed E-state index contributed by atoms with van der Waals surface area (Å²) in [4.78, 5) is 4.25. The summed E-state index contributed by atoms with van der Waals surface area (Å²) in [5.74, 6) is 0.825. The number of methoxy groups -OCH3 is 1. The first kappa shape index (κ1) is 9.98. The highest BCUT2D eigenvalue weighted by Crippen LogP contribution is 2.31. The van der Waals surface area contributed by atoms with Gasteiger partial charge in [0, 0.05) is 10.9 Å². The number of ether oxygens (including phenoxy) is 1. The van der Waals surface area contributed by atoms with Crippen molar-refractivity contribution in [3.63, 3.8) is 0 Å². The number of benzene rings is 1. The Kier molecular flexibility index (Phi) is 2.60. The predicted octanol–water partition coefficient (Wildman–Crippen LogP) is 2.71. The van der Waals surface area contributed by atoms with Crippen LogP contribution >= 0.6 is 11.3 Å². The molecule has 1 aromatic heterocycles. The molecular formula is C11H12N2OS. The second-order valence-electron chi connectivity index (χ2n) is 3.27. The molecule has 78 valence electrons. The van der Waals surface area contributed by atoms with Crippen molar-refractivity contribution in [3.05, 3.63) is 29.1 Å². The first-order valence-electron chi connectivity index (χ1n) is 4.56. The average Bonchev–Trinajstić information content (AvgIpc) is 2.65. The summed E-state index contributed by atoms with van der Waals surface area (Å²) in [6.45, 7) is 2.04. The third-order valence-electron chi connectivity index (χ3n) is 2.15. The van der Waals surface area contributed by atoms with Crippen molar-refractivity contribution in [1.82, 2.24) is 4.98 Å². The molecule has 0 saturated carbocycles. The zero-order valence-corrected chi connectivity index (χ0v) is 9.47. The largest absolute Gasteiger partial charge is 0.496 e. The summed E-state index contributed by atoms with van der Waals surface area (Å²) in [6, 6.07) is 6.01. The molecule has 0 radical (unpaired) electrons. The van der Waals surface area contributed by atoms with E-state index in [-0.39, 0.29) is 0 Å². The van der Waals surface area contributed by atoms with Crippen molar-refractivity contribution in [2.24, 2.45) is 0 Å². The first-order chi connectivity index (χ1) is 7.20. The number of anilines is 1. The number of aryl methyl sites for hydroxylation is 1. The Morgan fingerprint density at radius 2 is 2.20 bits per heavy atom. The monoisotopic (exact) mass is 220 g/mol. The normalized spacial score (nSPS) is 10.3. The molecule has 4 heteroatoms. The Morgan fingerprint density at radius 1 is 1.40 bits per heavy atom. The molecule has 15 heavy (non-hydrogen) atoms. The number of rotatable bonds is 2. The molecular weight excluding hydrogens is 208 g/mol. The number of hydrogen-bond acceptors (Lipinski definition) is 4. The molecule has 0 unspecified atom stereocenters. The number of nitrogen functional groups attached to an aromatic ring is 1. The highest BCUT2D eigenvalue weighted by atomic mass is 32.1. The van der Waals surface area contributed by atoms with E-state index in [1.807, 2.05) is 30.5 Å². The van der Waals surface area contributed by atoms with Crippen molar-refractivity contribution < 1.29 is 4.74 Å². The van der Waals surface area contributed by atoms with Gasteiger partial charge in [0.1, 0.15) is 5.75 Å². The van der Waals surface area contributed by atoms with Crippen LogP contribution in [0.1, 0.15) is 5.56 Å². The maximum absolute atomic E-state index is 5.61. The highest BCUT2D eigenvalue weighted by Gasteiger charge is 2.08. The molecule has 0 bridgehead atoms. The third kappa shape index (κ3) is 1.94. The van der Waals surface area contributed by atoms with Crippen LogP contribution in [0, 0.1) is 6.92 Å². The van der Waals surface area contributed by atoms with Gasteiger partial charge in [-0.1, -0.05) is 11.6 Å². The van der Waals surface area contributed by atoms with Crippen LogP contribution in [0.25, 0.3) is 11.3 Å². The molecule has 3 nitrogen and oxygen atoms in total. The van der Waals surface area contributed by atoms with Crippen LogP contribution < -0.4 is 10.5 Å². The molecule has 0 aliphatic heterocycles. The fourth-order valence-corrected chi connectivity index (χ4v) is 2.00. The summed E-state index contributed by atoms with van der Waals surface area (Å²) in [7, 11) is 1.66. The van der Waals surface area contributed by atoms with Gasteiger partial charge in [-0.3, -0.25) is 0 Å². The number of thiazole rings is 1. The van der Waals surface area contributed by atoms with Crippen LogP contribution in [0.3, 0.4) is 0 Å². The van der Waals surface area contributed by atoms with E-state index in [1.54, 1.807) is 7.11 Å². The zero-order chi connectivity index (χ0) is 10.8. The van der Waals surface area contributed by atoms with E-state index in [1.165, 1.54) is 16.9 Å². The summed E-state index contributed by atoms with van der Waals surface area (Å²) in [5.41, 5.74) is 8.65. The molecule has 2 N–H and O–H groups in total. The lowest BCUT2D eigenvalue weighted by molar-refractivity contribution is 0.416. The molecule has 1 heterocycles. The van der Waals surface area contributed by atoms with E-state index in [9.17, 15) is 0 Å². The minimum absolute atomic E-state index is 0.577. The van der Waals surface area contributed by atoms with E-state index < -0.39 is 0 Å². The smallest absolute Gasteiger partial charge is 0.180 e. The minimum atomic E-state index is 0.577. The molecule has 2 rings (SSSR count). The topological polar surface area (TPSA) is 48.1 Å².